The lowest BCUT2D eigenvalue weighted by atomic mass is 9.94. The highest BCUT2D eigenvalue weighted by molar-refractivity contribution is 6.15. The molecule has 238 valence electrons. The fourth-order valence-corrected chi connectivity index (χ4v) is 6.01. The molecule has 0 aliphatic rings. The van der Waals surface area contributed by atoms with Crippen LogP contribution in [0.3, 0.4) is 0 Å². The zero-order valence-electron chi connectivity index (χ0n) is 28.5. The van der Waals surface area contributed by atoms with Crippen LogP contribution in [0, 0.1) is 0 Å². The summed E-state index contributed by atoms with van der Waals surface area (Å²) in [5.41, 5.74) is 12.6. The zero-order valence-corrected chi connectivity index (χ0v) is 28.5. The second-order valence-electron chi connectivity index (χ2n) is 11.6. The van der Waals surface area contributed by atoms with Gasteiger partial charge in [0, 0.05) is 27.6 Å². The number of hydrogen-bond donors (Lipinski definition) is 0. The molecule has 1 aromatic heterocycles. The molecule has 0 atom stereocenters. The topological polar surface area (TPSA) is 17.3 Å². The van der Waals surface area contributed by atoms with E-state index in [1.165, 1.54) is 61.6 Å². The van der Waals surface area contributed by atoms with E-state index in [0.717, 1.165) is 16.9 Å². The van der Waals surface area contributed by atoms with Gasteiger partial charge in [-0.15, -0.1) is 6.58 Å². The molecule has 0 spiro atoms. The largest absolute Gasteiger partial charge is 0.309 e. The summed E-state index contributed by atoms with van der Waals surface area (Å²) in [4.78, 5) is 4.26. The molecule has 0 amide bonds. The van der Waals surface area contributed by atoms with Gasteiger partial charge >= 0.3 is 0 Å². The van der Waals surface area contributed by atoms with Crippen LogP contribution in [0.25, 0.3) is 66.6 Å². The number of fused-ring (bicyclic) bond motifs is 3. The third-order valence-electron chi connectivity index (χ3n) is 8.02. The van der Waals surface area contributed by atoms with Gasteiger partial charge in [0.05, 0.1) is 16.7 Å². The summed E-state index contributed by atoms with van der Waals surface area (Å²) >= 11 is 0. The smallest absolute Gasteiger partial charge is 0.0652 e. The molecule has 1 heterocycles. The van der Waals surface area contributed by atoms with Gasteiger partial charge in [-0.2, -0.15) is 0 Å². The van der Waals surface area contributed by atoms with Crippen LogP contribution >= 0.6 is 0 Å². The van der Waals surface area contributed by atoms with E-state index in [-0.39, 0.29) is 0 Å². The number of para-hydroxylation sites is 1. The Hall–Kier alpha value is -5.73. The number of hydrogen-bond acceptors (Lipinski definition) is 1. The fraction of sp³-hybridized carbons (Fsp3) is 0.109. The van der Waals surface area contributed by atoms with Gasteiger partial charge in [-0.3, -0.25) is 4.99 Å². The van der Waals surface area contributed by atoms with E-state index >= 15 is 0 Å². The van der Waals surface area contributed by atoms with Gasteiger partial charge in [0.25, 0.3) is 0 Å². The molecule has 2 nitrogen and oxygen atoms in total. The van der Waals surface area contributed by atoms with E-state index < -0.39 is 0 Å². The molecule has 7 rings (SSSR count). The molecular weight excluding hydrogens is 581 g/mol. The van der Waals surface area contributed by atoms with Crippen LogP contribution in [0.5, 0.6) is 0 Å². The molecule has 0 saturated carbocycles. The maximum absolute atomic E-state index is 4.26. The van der Waals surface area contributed by atoms with Crippen LogP contribution in [-0.2, 0) is 0 Å². The Morgan fingerprint density at radius 1 is 0.604 bits per heavy atom. The van der Waals surface area contributed by atoms with Crippen LogP contribution in [0.1, 0.15) is 39.7 Å². The zero-order chi connectivity index (χ0) is 33.9. The SMILES string of the molecule is C=CC.C=N/C(=C\C)c1cccc(-n2c3ccccc3c3cc(-c4ccc(-c5ccccc5)cc4)cc(-c4ccccc4)c32)c1.CCC. The van der Waals surface area contributed by atoms with Gasteiger partial charge in [0.15, 0.2) is 0 Å². The quantitative estimate of drug-likeness (QED) is 0.129. The summed E-state index contributed by atoms with van der Waals surface area (Å²) < 4.78 is 2.40. The van der Waals surface area contributed by atoms with Crippen molar-refractivity contribution < 1.29 is 0 Å². The van der Waals surface area contributed by atoms with E-state index in [1.807, 2.05) is 19.9 Å². The highest BCUT2D eigenvalue weighted by Crippen LogP contribution is 2.41. The highest BCUT2D eigenvalue weighted by atomic mass is 15.0. The summed E-state index contributed by atoms with van der Waals surface area (Å²) in [6.45, 7) is 15.3. The summed E-state index contributed by atoms with van der Waals surface area (Å²) in [7, 11) is 0. The number of benzene rings is 6. The lowest BCUT2D eigenvalue weighted by Crippen LogP contribution is -1.97. The van der Waals surface area contributed by atoms with Crippen molar-refractivity contribution in [2.45, 2.75) is 34.1 Å². The predicted molar refractivity (Wildman–Crippen MR) is 212 cm³/mol. The van der Waals surface area contributed by atoms with Gasteiger partial charge in [-0.25, -0.2) is 0 Å². The Balaban J connectivity index is 0.000000701. The molecule has 0 aliphatic heterocycles. The maximum Gasteiger partial charge on any atom is 0.0652 e. The van der Waals surface area contributed by atoms with Crippen LogP contribution in [0.15, 0.2) is 169 Å². The molecule has 6 aromatic carbocycles. The minimum absolute atomic E-state index is 0.877. The van der Waals surface area contributed by atoms with Crippen molar-refractivity contribution in [3.63, 3.8) is 0 Å². The Bertz CT molecular complexity index is 2150. The molecule has 0 saturated heterocycles. The molecule has 0 aliphatic carbocycles. The van der Waals surface area contributed by atoms with E-state index in [1.54, 1.807) is 6.08 Å². The van der Waals surface area contributed by atoms with Crippen molar-refractivity contribution in [2.24, 2.45) is 4.99 Å². The Kier molecular flexibility index (Phi) is 11.4. The minimum Gasteiger partial charge on any atom is -0.309 e. The first-order valence-electron chi connectivity index (χ1n) is 16.7. The summed E-state index contributed by atoms with van der Waals surface area (Å²) in [5, 5.41) is 2.46. The van der Waals surface area contributed by atoms with Crippen molar-refractivity contribution >= 4 is 34.2 Å². The molecule has 0 fully saturated rings. The predicted octanol–water partition coefficient (Wildman–Crippen LogP) is 13.5. The Morgan fingerprint density at radius 3 is 1.75 bits per heavy atom. The van der Waals surface area contributed by atoms with Gasteiger partial charge in [-0.1, -0.05) is 148 Å². The van der Waals surface area contributed by atoms with Gasteiger partial charge in [-0.05, 0) is 78.7 Å². The second-order valence-corrected chi connectivity index (χ2v) is 11.6. The van der Waals surface area contributed by atoms with E-state index in [9.17, 15) is 0 Å². The molecular formula is C46H44N2. The van der Waals surface area contributed by atoms with Crippen molar-refractivity contribution in [3.8, 4) is 39.1 Å². The average Bonchev–Trinajstić information content (AvgIpc) is 3.48. The molecule has 0 radical (unpaired) electrons. The molecule has 7 aromatic rings. The van der Waals surface area contributed by atoms with E-state index in [0.29, 0.717) is 0 Å². The lowest BCUT2D eigenvalue weighted by molar-refractivity contribution is 1.09. The van der Waals surface area contributed by atoms with Crippen LogP contribution < -0.4 is 0 Å². The number of allylic oxidation sites excluding steroid dienone is 2. The minimum atomic E-state index is 0.877. The standard InChI is InChI=1S/C40H30N2.C3H8.C3H6/c1-3-38(41-2)32-17-12-18-34(25-32)42-39-20-11-10-19-35(39)37-27-33(26-36(40(37)42)31-15-8-5-9-16-31)30-23-21-29(22-24-30)28-13-6-4-7-14-28;2*1-3-2/h3-27H,2H2,1H3;3H2,1-2H3;3H,1H2,2H3/b38-3-;;. The molecule has 0 unspecified atom stereocenters. The summed E-state index contributed by atoms with van der Waals surface area (Å²) in [6, 6.07) is 52.1. The van der Waals surface area contributed by atoms with Crippen molar-refractivity contribution in [3.05, 3.63) is 170 Å². The Morgan fingerprint density at radius 2 is 1.15 bits per heavy atom. The molecule has 0 N–H and O–H groups in total. The third-order valence-corrected chi connectivity index (χ3v) is 8.02. The number of nitrogens with zero attached hydrogens (tertiary/aromatic N) is 2. The van der Waals surface area contributed by atoms with Gasteiger partial charge < -0.3 is 4.57 Å². The van der Waals surface area contributed by atoms with Crippen LogP contribution in [-0.4, -0.2) is 11.3 Å². The molecule has 48 heavy (non-hydrogen) atoms. The van der Waals surface area contributed by atoms with Crippen molar-refractivity contribution in [1.82, 2.24) is 4.57 Å². The first kappa shape index (κ1) is 33.6. The van der Waals surface area contributed by atoms with Gasteiger partial charge in [0.1, 0.15) is 0 Å². The Labute approximate surface area is 286 Å². The molecule has 0 bridgehead atoms. The highest BCUT2D eigenvalue weighted by Gasteiger charge is 2.19. The summed E-state index contributed by atoms with van der Waals surface area (Å²) in [5.74, 6) is 0. The van der Waals surface area contributed by atoms with Gasteiger partial charge in [0.2, 0.25) is 0 Å². The molecule has 2 heteroatoms. The normalized spacial score (nSPS) is 10.9. The lowest BCUT2D eigenvalue weighted by Gasteiger charge is -2.15. The van der Waals surface area contributed by atoms with Crippen molar-refractivity contribution in [2.75, 3.05) is 0 Å². The number of aromatic nitrogens is 1. The van der Waals surface area contributed by atoms with Crippen molar-refractivity contribution in [1.29, 1.82) is 0 Å². The number of aliphatic imine (C=N–C) groups is 1. The van der Waals surface area contributed by atoms with Crippen LogP contribution in [0.2, 0.25) is 0 Å². The van der Waals surface area contributed by atoms with E-state index in [4.69, 9.17) is 0 Å². The fourth-order valence-electron chi connectivity index (χ4n) is 6.01. The number of rotatable bonds is 6. The first-order chi connectivity index (χ1) is 23.6. The third kappa shape index (κ3) is 7.14. The second kappa shape index (κ2) is 16.2. The average molecular weight is 625 g/mol. The maximum atomic E-state index is 4.26. The summed E-state index contributed by atoms with van der Waals surface area (Å²) in [6.07, 6.45) is 5.00. The monoisotopic (exact) mass is 624 g/mol. The van der Waals surface area contributed by atoms with Crippen LogP contribution in [0.4, 0.5) is 0 Å². The first-order valence-corrected chi connectivity index (χ1v) is 16.7. The van der Waals surface area contributed by atoms with E-state index in [2.05, 4.69) is 182 Å².